The van der Waals surface area contributed by atoms with E-state index >= 15 is 0 Å². The number of nitro groups is 1. The topological polar surface area (TPSA) is 110 Å². The monoisotopic (exact) mass is 314 g/mol. The minimum absolute atomic E-state index is 0.0198. The Balaban J connectivity index is 1.88. The Morgan fingerprint density at radius 2 is 2.17 bits per heavy atom. The Hall–Kier alpha value is -3.23. The van der Waals surface area contributed by atoms with Gasteiger partial charge in [-0.1, -0.05) is 0 Å². The van der Waals surface area contributed by atoms with Gasteiger partial charge in [0.25, 0.3) is 11.6 Å². The van der Waals surface area contributed by atoms with Crippen molar-refractivity contribution in [3.63, 3.8) is 0 Å². The average molecular weight is 314 g/mol. The molecule has 0 aliphatic heterocycles. The van der Waals surface area contributed by atoms with E-state index < -0.39 is 4.92 Å². The minimum Gasteiger partial charge on any atom is -0.374 e. The molecule has 9 heteroatoms. The number of rotatable bonds is 5. The highest BCUT2D eigenvalue weighted by Crippen LogP contribution is 2.29. The summed E-state index contributed by atoms with van der Waals surface area (Å²) < 4.78 is 5.13. The molecule has 3 rings (SSSR count). The first-order chi connectivity index (χ1) is 11.1. The Morgan fingerprint density at radius 3 is 2.87 bits per heavy atom. The SMILES string of the molecule is CN(C)c1noc(CNc2ccc([N+](=O)[O-])c3cccnc23)n1. The molecule has 0 amide bonds. The zero-order chi connectivity index (χ0) is 16.4. The average Bonchev–Trinajstić information content (AvgIpc) is 3.01. The molecule has 0 bridgehead atoms. The number of anilines is 2. The van der Waals surface area contributed by atoms with Crippen molar-refractivity contribution in [1.29, 1.82) is 0 Å². The Kier molecular flexibility index (Phi) is 3.75. The molecular formula is C14H14N6O3. The van der Waals surface area contributed by atoms with Crippen molar-refractivity contribution >= 4 is 28.2 Å². The van der Waals surface area contributed by atoms with E-state index in [4.69, 9.17) is 4.52 Å². The molecule has 1 N–H and O–H groups in total. The van der Waals surface area contributed by atoms with Gasteiger partial charge in [-0.2, -0.15) is 4.98 Å². The summed E-state index contributed by atoms with van der Waals surface area (Å²) in [5, 5.41) is 18.5. The fourth-order valence-corrected chi connectivity index (χ4v) is 2.13. The maximum atomic E-state index is 11.1. The first-order valence-corrected chi connectivity index (χ1v) is 6.82. The van der Waals surface area contributed by atoms with Crippen LogP contribution in [0.4, 0.5) is 17.3 Å². The lowest BCUT2D eigenvalue weighted by Crippen LogP contribution is -2.10. The molecule has 3 aromatic rings. The van der Waals surface area contributed by atoms with E-state index in [-0.39, 0.29) is 5.69 Å². The van der Waals surface area contributed by atoms with Crippen molar-refractivity contribution in [1.82, 2.24) is 15.1 Å². The van der Waals surface area contributed by atoms with Gasteiger partial charge >= 0.3 is 0 Å². The Bertz CT molecular complexity index is 861. The van der Waals surface area contributed by atoms with Crippen molar-refractivity contribution < 1.29 is 9.45 Å². The molecule has 0 fully saturated rings. The number of hydrogen-bond acceptors (Lipinski definition) is 8. The Morgan fingerprint density at radius 1 is 1.35 bits per heavy atom. The highest BCUT2D eigenvalue weighted by atomic mass is 16.6. The second-order valence-corrected chi connectivity index (χ2v) is 5.03. The molecule has 2 aromatic heterocycles. The quantitative estimate of drug-likeness (QED) is 0.563. The van der Waals surface area contributed by atoms with Crippen LogP contribution < -0.4 is 10.2 Å². The first-order valence-electron chi connectivity index (χ1n) is 6.82. The highest BCUT2D eigenvalue weighted by Gasteiger charge is 2.15. The standard InChI is InChI=1S/C14H14N6O3/c1-19(2)14-17-12(23-18-14)8-16-10-5-6-11(20(21)22)9-4-3-7-15-13(9)10/h3-7,16H,8H2,1-2H3. The lowest BCUT2D eigenvalue weighted by molar-refractivity contribution is -0.383. The van der Waals surface area contributed by atoms with Crippen molar-refractivity contribution in [2.24, 2.45) is 0 Å². The molecule has 1 aromatic carbocycles. The number of fused-ring (bicyclic) bond motifs is 1. The van der Waals surface area contributed by atoms with Crippen LogP contribution in [-0.2, 0) is 6.54 Å². The second kappa shape index (κ2) is 5.87. The fraction of sp³-hybridized carbons (Fsp3) is 0.214. The van der Waals surface area contributed by atoms with E-state index in [9.17, 15) is 10.1 Å². The molecule has 0 saturated carbocycles. The van der Waals surface area contributed by atoms with E-state index in [0.717, 1.165) is 0 Å². The summed E-state index contributed by atoms with van der Waals surface area (Å²) in [5.41, 5.74) is 1.20. The lowest BCUT2D eigenvalue weighted by atomic mass is 10.1. The summed E-state index contributed by atoms with van der Waals surface area (Å²) in [7, 11) is 3.63. The highest BCUT2D eigenvalue weighted by molar-refractivity contribution is 5.96. The van der Waals surface area contributed by atoms with Gasteiger partial charge in [-0.3, -0.25) is 15.1 Å². The molecule has 9 nitrogen and oxygen atoms in total. The second-order valence-electron chi connectivity index (χ2n) is 5.03. The third-order valence-electron chi connectivity index (χ3n) is 3.23. The van der Waals surface area contributed by atoms with Crippen LogP contribution in [0.15, 0.2) is 35.0 Å². The van der Waals surface area contributed by atoms with Crippen molar-refractivity contribution in [3.05, 3.63) is 46.5 Å². The molecule has 23 heavy (non-hydrogen) atoms. The van der Waals surface area contributed by atoms with Crippen LogP contribution >= 0.6 is 0 Å². The lowest BCUT2D eigenvalue weighted by Gasteiger charge is -2.07. The van der Waals surface area contributed by atoms with E-state index in [1.54, 1.807) is 29.3 Å². The number of non-ortho nitro benzene ring substituents is 1. The van der Waals surface area contributed by atoms with Crippen LogP contribution in [-0.4, -0.2) is 34.1 Å². The summed E-state index contributed by atoms with van der Waals surface area (Å²) in [4.78, 5) is 20.8. The van der Waals surface area contributed by atoms with Crippen molar-refractivity contribution in [3.8, 4) is 0 Å². The summed E-state index contributed by atoms with van der Waals surface area (Å²) in [6, 6.07) is 6.41. The van der Waals surface area contributed by atoms with Gasteiger partial charge < -0.3 is 14.7 Å². The molecule has 0 aliphatic rings. The van der Waals surface area contributed by atoms with Crippen molar-refractivity contribution in [2.45, 2.75) is 6.54 Å². The van der Waals surface area contributed by atoms with Gasteiger partial charge in [-0.15, -0.1) is 0 Å². The van der Waals surface area contributed by atoms with E-state index in [1.165, 1.54) is 6.07 Å². The summed E-state index contributed by atoms with van der Waals surface area (Å²) in [5.74, 6) is 0.893. The molecule has 2 heterocycles. The molecule has 118 valence electrons. The normalized spacial score (nSPS) is 10.7. The van der Waals surface area contributed by atoms with Crippen LogP contribution in [0, 0.1) is 10.1 Å². The summed E-state index contributed by atoms with van der Waals surface area (Å²) in [6.07, 6.45) is 1.59. The number of nitro benzene ring substituents is 1. The van der Waals surface area contributed by atoms with E-state index in [1.807, 2.05) is 14.1 Å². The van der Waals surface area contributed by atoms with Crippen LogP contribution in [0.1, 0.15) is 5.89 Å². The summed E-state index contributed by atoms with van der Waals surface area (Å²) in [6.45, 7) is 0.296. The van der Waals surface area contributed by atoms with Crippen molar-refractivity contribution in [2.75, 3.05) is 24.3 Å². The van der Waals surface area contributed by atoms with Crippen LogP contribution in [0.3, 0.4) is 0 Å². The molecule has 0 aliphatic carbocycles. The van der Waals surface area contributed by atoms with Gasteiger partial charge in [0.15, 0.2) is 0 Å². The molecule has 0 unspecified atom stereocenters. The molecular weight excluding hydrogens is 300 g/mol. The van der Waals surface area contributed by atoms with Crippen LogP contribution in [0.25, 0.3) is 10.9 Å². The van der Waals surface area contributed by atoms with Gasteiger partial charge in [0.1, 0.15) is 5.52 Å². The predicted octanol–water partition coefficient (Wildman–Crippen LogP) is 2.20. The summed E-state index contributed by atoms with van der Waals surface area (Å²) >= 11 is 0. The predicted molar refractivity (Wildman–Crippen MR) is 84.3 cm³/mol. The number of pyridine rings is 1. The third kappa shape index (κ3) is 2.89. The molecule has 0 atom stereocenters. The van der Waals surface area contributed by atoms with Gasteiger partial charge in [0.2, 0.25) is 5.89 Å². The van der Waals surface area contributed by atoms with Gasteiger partial charge in [-0.25, -0.2) is 0 Å². The molecule has 0 radical (unpaired) electrons. The van der Waals surface area contributed by atoms with E-state index in [0.29, 0.717) is 35.0 Å². The maximum Gasteiger partial charge on any atom is 0.278 e. The Labute approximate surface area is 131 Å². The maximum absolute atomic E-state index is 11.1. The minimum atomic E-state index is -0.421. The number of nitrogens with one attached hydrogen (secondary N) is 1. The number of benzene rings is 1. The van der Waals surface area contributed by atoms with Gasteiger partial charge in [-0.05, 0) is 23.4 Å². The molecule has 0 spiro atoms. The van der Waals surface area contributed by atoms with E-state index in [2.05, 4.69) is 20.4 Å². The molecule has 0 saturated heterocycles. The number of hydrogen-bond donors (Lipinski definition) is 1. The fourth-order valence-electron chi connectivity index (χ4n) is 2.13. The largest absolute Gasteiger partial charge is 0.374 e. The smallest absolute Gasteiger partial charge is 0.278 e. The first kappa shape index (κ1) is 14.7. The number of nitrogens with zero attached hydrogens (tertiary/aromatic N) is 5. The van der Waals surface area contributed by atoms with Gasteiger partial charge in [0.05, 0.1) is 22.5 Å². The van der Waals surface area contributed by atoms with Gasteiger partial charge in [0, 0.05) is 26.4 Å². The van der Waals surface area contributed by atoms with Crippen LogP contribution in [0.2, 0.25) is 0 Å². The number of aromatic nitrogens is 3. The van der Waals surface area contributed by atoms with Crippen LogP contribution in [0.5, 0.6) is 0 Å². The zero-order valence-corrected chi connectivity index (χ0v) is 12.6. The third-order valence-corrected chi connectivity index (χ3v) is 3.23. The zero-order valence-electron chi connectivity index (χ0n) is 12.6.